The van der Waals surface area contributed by atoms with Crippen LogP contribution >= 0.6 is 11.6 Å². The predicted molar refractivity (Wildman–Crippen MR) is 75.9 cm³/mol. The summed E-state index contributed by atoms with van der Waals surface area (Å²) >= 11 is 5.92. The standard InChI is InChI=1S/C14H18ClN3/c1-16-9-3-4-14-13(10-18(2)17-14)11-5-7-12(15)8-6-11/h5-8,10,16H,3-4,9H2,1-2H3. The van der Waals surface area contributed by atoms with E-state index in [4.69, 9.17) is 11.6 Å². The van der Waals surface area contributed by atoms with Crippen molar-refractivity contribution >= 4 is 11.6 Å². The molecule has 18 heavy (non-hydrogen) atoms. The summed E-state index contributed by atoms with van der Waals surface area (Å²) in [7, 11) is 3.93. The lowest BCUT2D eigenvalue weighted by Gasteiger charge is -2.02. The van der Waals surface area contributed by atoms with Gasteiger partial charge in [0.25, 0.3) is 0 Å². The first-order valence-electron chi connectivity index (χ1n) is 6.14. The molecule has 96 valence electrons. The molecule has 0 aliphatic carbocycles. The highest BCUT2D eigenvalue weighted by Crippen LogP contribution is 2.25. The number of aryl methyl sites for hydroxylation is 2. The van der Waals surface area contributed by atoms with E-state index in [0.29, 0.717) is 0 Å². The molecule has 0 spiro atoms. The topological polar surface area (TPSA) is 29.9 Å². The average Bonchev–Trinajstić information content (AvgIpc) is 2.72. The van der Waals surface area contributed by atoms with Gasteiger partial charge in [-0.1, -0.05) is 23.7 Å². The van der Waals surface area contributed by atoms with Crippen LogP contribution in [-0.2, 0) is 13.5 Å². The smallest absolute Gasteiger partial charge is 0.0703 e. The second-order valence-electron chi connectivity index (χ2n) is 4.38. The van der Waals surface area contributed by atoms with Gasteiger partial charge in [0.2, 0.25) is 0 Å². The molecule has 0 saturated carbocycles. The molecule has 0 amide bonds. The Bertz CT molecular complexity index is 502. The maximum atomic E-state index is 5.92. The van der Waals surface area contributed by atoms with E-state index in [0.717, 1.165) is 30.1 Å². The van der Waals surface area contributed by atoms with Gasteiger partial charge in [-0.3, -0.25) is 4.68 Å². The molecule has 1 aromatic heterocycles. The highest BCUT2D eigenvalue weighted by atomic mass is 35.5. The zero-order chi connectivity index (χ0) is 13.0. The highest BCUT2D eigenvalue weighted by Gasteiger charge is 2.09. The number of benzene rings is 1. The fraction of sp³-hybridized carbons (Fsp3) is 0.357. The van der Waals surface area contributed by atoms with Gasteiger partial charge in [0.1, 0.15) is 0 Å². The molecule has 2 rings (SSSR count). The van der Waals surface area contributed by atoms with Gasteiger partial charge < -0.3 is 5.32 Å². The van der Waals surface area contributed by atoms with E-state index in [1.165, 1.54) is 11.1 Å². The van der Waals surface area contributed by atoms with E-state index < -0.39 is 0 Å². The molecule has 2 aromatic rings. The van der Waals surface area contributed by atoms with Gasteiger partial charge >= 0.3 is 0 Å². The molecule has 1 heterocycles. The minimum Gasteiger partial charge on any atom is -0.320 e. The van der Waals surface area contributed by atoms with Crippen molar-refractivity contribution in [2.45, 2.75) is 12.8 Å². The first-order chi connectivity index (χ1) is 8.70. The third-order valence-electron chi connectivity index (χ3n) is 2.90. The third-order valence-corrected chi connectivity index (χ3v) is 3.15. The molecule has 0 radical (unpaired) electrons. The largest absolute Gasteiger partial charge is 0.320 e. The Labute approximate surface area is 113 Å². The molecule has 3 nitrogen and oxygen atoms in total. The van der Waals surface area contributed by atoms with Crippen LogP contribution < -0.4 is 5.32 Å². The van der Waals surface area contributed by atoms with E-state index in [2.05, 4.69) is 16.6 Å². The zero-order valence-corrected chi connectivity index (χ0v) is 11.5. The van der Waals surface area contributed by atoms with Gasteiger partial charge in [-0.2, -0.15) is 5.10 Å². The second-order valence-corrected chi connectivity index (χ2v) is 4.81. The van der Waals surface area contributed by atoms with Crippen LogP contribution in [0.15, 0.2) is 30.5 Å². The van der Waals surface area contributed by atoms with Gasteiger partial charge in [0.15, 0.2) is 0 Å². The quantitative estimate of drug-likeness (QED) is 0.841. The summed E-state index contributed by atoms with van der Waals surface area (Å²) in [4.78, 5) is 0. The molecule has 0 saturated heterocycles. The van der Waals surface area contributed by atoms with Crippen LogP contribution in [0.1, 0.15) is 12.1 Å². The highest BCUT2D eigenvalue weighted by molar-refractivity contribution is 6.30. The van der Waals surface area contributed by atoms with Crippen molar-refractivity contribution in [2.24, 2.45) is 7.05 Å². The number of nitrogens with one attached hydrogen (secondary N) is 1. The van der Waals surface area contributed by atoms with Crippen molar-refractivity contribution in [3.8, 4) is 11.1 Å². The van der Waals surface area contributed by atoms with Crippen LogP contribution in [0.2, 0.25) is 5.02 Å². The first kappa shape index (κ1) is 13.1. The van der Waals surface area contributed by atoms with E-state index in [-0.39, 0.29) is 0 Å². The molecular weight excluding hydrogens is 246 g/mol. The van der Waals surface area contributed by atoms with E-state index >= 15 is 0 Å². The lowest BCUT2D eigenvalue weighted by atomic mass is 10.0. The molecule has 1 aromatic carbocycles. The number of rotatable bonds is 5. The molecule has 0 atom stereocenters. The molecule has 0 aliphatic heterocycles. The molecule has 0 bridgehead atoms. The Balaban J connectivity index is 2.23. The number of nitrogens with zero attached hydrogens (tertiary/aromatic N) is 2. The van der Waals surface area contributed by atoms with Crippen molar-refractivity contribution in [1.82, 2.24) is 15.1 Å². The van der Waals surface area contributed by atoms with Crippen LogP contribution in [0, 0.1) is 0 Å². The molecule has 0 aliphatic rings. The van der Waals surface area contributed by atoms with Gasteiger partial charge in [-0.15, -0.1) is 0 Å². The SMILES string of the molecule is CNCCCc1nn(C)cc1-c1ccc(Cl)cc1. The van der Waals surface area contributed by atoms with Gasteiger partial charge in [0.05, 0.1) is 5.69 Å². The van der Waals surface area contributed by atoms with Crippen LogP contribution in [0.3, 0.4) is 0 Å². The van der Waals surface area contributed by atoms with Gasteiger partial charge in [-0.05, 0) is 44.1 Å². The number of halogens is 1. The van der Waals surface area contributed by atoms with Crippen molar-refractivity contribution in [3.05, 3.63) is 41.2 Å². The molecule has 0 fully saturated rings. The van der Waals surface area contributed by atoms with E-state index in [9.17, 15) is 0 Å². The summed E-state index contributed by atoms with van der Waals surface area (Å²) in [5.74, 6) is 0. The molecule has 4 heteroatoms. The van der Waals surface area contributed by atoms with Crippen molar-refractivity contribution < 1.29 is 0 Å². The Morgan fingerprint density at radius 3 is 2.67 bits per heavy atom. The van der Waals surface area contributed by atoms with Gasteiger partial charge in [-0.25, -0.2) is 0 Å². The Morgan fingerprint density at radius 1 is 1.28 bits per heavy atom. The normalized spacial score (nSPS) is 10.8. The third kappa shape index (κ3) is 3.12. The van der Waals surface area contributed by atoms with E-state index in [1.54, 1.807) is 0 Å². The first-order valence-corrected chi connectivity index (χ1v) is 6.51. The maximum absolute atomic E-state index is 5.92. The van der Waals surface area contributed by atoms with Crippen molar-refractivity contribution in [3.63, 3.8) is 0 Å². The summed E-state index contributed by atoms with van der Waals surface area (Å²) < 4.78 is 1.87. The van der Waals surface area contributed by atoms with Crippen molar-refractivity contribution in [2.75, 3.05) is 13.6 Å². The predicted octanol–water partition coefficient (Wildman–Crippen LogP) is 2.89. The number of aromatic nitrogens is 2. The Kier molecular flexibility index (Phi) is 4.39. The van der Waals surface area contributed by atoms with Crippen LogP contribution in [0.4, 0.5) is 0 Å². The summed E-state index contributed by atoms with van der Waals surface area (Å²) in [6.07, 6.45) is 4.14. The van der Waals surface area contributed by atoms with Crippen LogP contribution in [-0.4, -0.2) is 23.4 Å². The minimum absolute atomic E-state index is 0.763. The Hall–Kier alpha value is -1.32. The van der Waals surface area contributed by atoms with Gasteiger partial charge in [0, 0.05) is 23.8 Å². The monoisotopic (exact) mass is 263 g/mol. The summed E-state index contributed by atoms with van der Waals surface area (Å²) in [6, 6.07) is 7.92. The lowest BCUT2D eigenvalue weighted by Crippen LogP contribution is -2.08. The molecule has 0 unspecified atom stereocenters. The Morgan fingerprint density at radius 2 is 2.00 bits per heavy atom. The zero-order valence-electron chi connectivity index (χ0n) is 10.8. The van der Waals surface area contributed by atoms with Crippen LogP contribution in [0.5, 0.6) is 0 Å². The summed E-state index contributed by atoms with van der Waals surface area (Å²) in [5.41, 5.74) is 3.52. The number of hydrogen-bond donors (Lipinski definition) is 1. The summed E-state index contributed by atoms with van der Waals surface area (Å²) in [5, 5.41) is 8.46. The second kappa shape index (κ2) is 6.03. The summed E-state index contributed by atoms with van der Waals surface area (Å²) in [6.45, 7) is 1.01. The molecule has 1 N–H and O–H groups in total. The lowest BCUT2D eigenvalue weighted by molar-refractivity contribution is 0.689. The van der Waals surface area contributed by atoms with Crippen LogP contribution in [0.25, 0.3) is 11.1 Å². The fourth-order valence-corrected chi connectivity index (χ4v) is 2.15. The van der Waals surface area contributed by atoms with E-state index in [1.807, 2.05) is 43.0 Å². The number of hydrogen-bond acceptors (Lipinski definition) is 2. The average molecular weight is 264 g/mol. The van der Waals surface area contributed by atoms with Crippen molar-refractivity contribution in [1.29, 1.82) is 0 Å². The fourth-order valence-electron chi connectivity index (χ4n) is 2.02. The minimum atomic E-state index is 0.763. The molecular formula is C14H18ClN3. The maximum Gasteiger partial charge on any atom is 0.0703 e.